The van der Waals surface area contributed by atoms with Crippen LogP contribution in [0.1, 0.15) is 21.5 Å². The molecule has 0 aliphatic heterocycles. The molecule has 6 heteroatoms. The van der Waals surface area contributed by atoms with Gasteiger partial charge in [-0.25, -0.2) is 4.98 Å². The minimum atomic E-state index is -0.153. The quantitative estimate of drug-likeness (QED) is 0.297. The molecule has 4 aromatic carbocycles. The molecule has 3 N–H and O–H groups in total. The summed E-state index contributed by atoms with van der Waals surface area (Å²) in [4.78, 5) is 30.2. The molecule has 2 heterocycles. The zero-order valence-electron chi connectivity index (χ0n) is 21.2. The number of nitrogen functional groups attached to an aromatic ring is 1. The SMILES string of the molecule is Nc1cc(-c2ccc3c(=O)n(Cc4cccc(C(=O)NCc5ccc6ccccc6c5)c4)ccc3c2)ccn1. The predicted molar refractivity (Wildman–Crippen MR) is 157 cm³/mol. The summed E-state index contributed by atoms with van der Waals surface area (Å²) in [6.45, 7) is 0.801. The molecule has 0 saturated heterocycles. The van der Waals surface area contributed by atoms with Crippen LogP contribution in [0.4, 0.5) is 5.82 Å². The third-order valence-corrected chi connectivity index (χ3v) is 6.90. The first-order chi connectivity index (χ1) is 19.0. The molecule has 0 aliphatic carbocycles. The van der Waals surface area contributed by atoms with Gasteiger partial charge in [-0.3, -0.25) is 9.59 Å². The maximum absolute atomic E-state index is 13.3. The lowest BCUT2D eigenvalue weighted by Gasteiger charge is -2.11. The number of fused-ring (bicyclic) bond motifs is 2. The normalized spacial score (nSPS) is 11.1. The molecule has 0 saturated carbocycles. The number of amides is 1. The van der Waals surface area contributed by atoms with Crippen LogP contribution in [0.5, 0.6) is 0 Å². The molecule has 6 aromatic rings. The van der Waals surface area contributed by atoms with Gasteiger partial charge in [0.05, 0.1) is 6.54 Å². The van der Waals surface area contributed by atoms with Crippen LogP contribution < -0.4 is 16.6 Å². The lowest BCUT2D eigenvalue weighted by atomic mass is 10.0. The van der Waals surface area contributed by atoms with Crippen LogP contribution in [0.2, 0.25) is 0 Å². The average Bonchev–Trinajstić information content (AvgIpc) is 2.97. The van der Waals surface area contributed by atoms with E-state index in [9.17, 15) is 9.59 Å². The van der Waals surface area contributed by atoms with Gasteiger partial charge in [-0.2, -0.15) is 0 Å². The summed E-state index contributed by atoms with van der Waals surface area (Å²) >= 11 is 0. The monoisotopic (exact) mass is 510 g/mol. The van der Waals surface area contributed by atoms with Gasteiger partial charge in [-0.05, 0) is 86.9 Å². The molecule has 6 rings (SSSR count). The number of pyridine rings is 2. The van der Waals surface area contributed by atoms with Gasteiger partial charge in [0.2, 0.25) is 0 Å². The molecule has 0 atom stereocenters. The number of aromatic nitrogens is 2. The zero-order chi connectivity index (χ0) is 26.8. The topological polar surface area (TPSA) is 90.0 Å². The Hall–Kier alpha value is -5.23. The Balaban J connectivity index is 1.18. The number of carbonyl (C=O) groups is 1. The lowest BCUT2D eigenvalue weighted by Crippen LogP contribution is -2.23. The van der Waals surface area contributed by atoms with E-state index in [1.54, 1.807) is 23.0 Å². The molecule has 39 heavy (non-hydrogen) atoms. The average molecular weight is 511 g/mol. The summed E-state index contributed by atoms with van der Waals surface area (Å²) in [7, 11) is 0. The highest BCUT2D eigenvalue weighted by Crippen LogP contribution is 2.24. The van der Waals surface area contributed by atoms with E-state index in [-0.39, 0.29) is 11.5 Å². The van der Waals surface area contributed by atoms with Crippen LogP contribution in [0, 0.1) is 0 Å². The molecular formula is C33H26N4O2. The minimum absolute atomic E-state index is 0.0838. The molecule has 0 aliphatic rings. The Kier molecular flexibility index (Phi) is 6.35. The molecule has 0 fully saturated rings. The third-order valence-electron chi connectivity index (χ3n) is 6.90. The zero-order valence-corrected chi connectivity index (χ0v) is 21.2. The second-order valence-corrected chi connectivity index (χ2v) is 9.58. The summed E-state index contributed by atoms with van der Waals surface area (Å²) in [5.74, 6) is 0.299. The molecule has 0 spiro atoms. The third kappa shape index (κ3) is 5.13. The van der Waals surface area contributed by atoms with Gasteiger partial charge in [0.1, 0.15) is 5.82 Å². The van der Waals surface area contributed by atoms with Crippen molar-refractivity contribution in [1.29, 1.82) is 0 Å². The fourth-order valence-corrected chi connectivity index (χ4v) is 4.86. The molecule has 1 amide bonds. The van der Waals surface area contributed by atoms with Gasteiger partial charge in [0.25, 0.3) is 11.5 Å². The second kappa shape index (κ2) is 10.3. The van der Waals surface area contributed by atoms with Gasteiger partial charge in [0, 0.05) is 29.9 Å². The van der Waals surface area contributed by atoms with Crippen molar-refractivity contribution in [1.82, 2.24) is 14.9 Å². The molecule has 0 unspecified atom stereocenters. The Morgan fingerprint density at radius 2 is 1.62 bits per heavy atom. The highest BCUT2D eigenvalue weighted by atomic mass is 16.1. The van der Waals surface area contributed by atoms with E-state index in [1.165, 1.54) is 5.39 Å². The fourth-order valence-electron chi connectivity index (χ4n) is 4.86. The summed E-state index contributed by atoms with van der Waals surface area (Å²) in [5.41, 5.74) is 10.1. The number of rotatable bonds is 6. The summed E-state index contributed by atoms with van der Waals surface area (Å²) < 4.78 is 1.67. The van der Waals surface area contributed by atoms with Crippen molar-refractivity contribution in [2.24, 2.45) is 0 Å². The van der Waals surface area contributed by atoms with Crippen molar-refractivity contribution in [2.75, 3.05) is 5.73 Å². The van der Waals surface area contributed by atoms with E-state index in [2.05, 4.69) is 34.6 Å². The van der Waals surface area contributed by atoms with Crippen molar-refractivity contribution < 1.29 is 4.79 Å². The lowest BCUT2D eigenvalue weighted by molar-refractivity contribution is 0.0951. The minimum Gasteiger partial charge on any atom is -0.384 e. The van der Waals surface area contributed by atoms with E-state index in [0.29, 0.717) is 29.9 Å². The maximum Gasteiger partial charge on any atom is 0.258 e. The van der Waals surface area contributed by atoms with Crippen molar-refractivity contribution in [3.63, 3.8) is 0 Å². The van der Waals surface area contributed by atoms with E-state index in [4.69, 9.17) is 5.73 Å². The van der Waals surface area contributed by atoms with Crippen molar-refractivity contribution in [3.05, 3.63) is 143 Å². The van der Waals surface area contributed by atoms with Gasteiger partial charge in [-0.15, -0.1) is 0 Å². The van der Waals surface area contributed by atoms with E-state index < -0.39 is 0 Å². The molecule has 0 radical (unpaired) electrons. The first kappa shape index (κ1) is 24.1. The number of hydrogen-bond acceptors (Lipinski definition) is 4. The van der Waals surface area contributed by atoms with Crippen LogP contribution >= 0.6 is 0 Å². The number of nitrogens with one attached hydrogen (secondary N) is 1. The number of anilines is 1. The van der Waals surface area contributed by atoms with E-state index in [0.717, 1.165) is 33.0 Å². The molecular weight excluding hydrogens is 484 g/mol. The van der Waals surface area contributed by atoms with Gasteiger partial charge < -0.3 is 15.6 Å². The maximum atomic E-state index is 13.3. The summed E-state index contributed by atoms with van der Waals surface area (Å²) in [6.07, 6.45) is 3.46. The van der Waals surface area contributed by atoms with Crippen LogP contribution in [0.15, 0.2) is 120 Å². The first-order valence-corrected chi connectivity index (χ1v) is 12.7. The highest BCUT2D eigenvalue weighted by Gasteiger charge is 2.10. The highest BCUT2D eigenvalue weighted by molar-refractivity contribution is 5.94. The Morgan fingerprint density at radius 1 is 0.769 bits per heavy atom. The Bertz CT molecular complexity index is 1910. The van der Waals surface area contributed by atoms with E-state index in [1.807, 2.05) is 72.8 Å². The molecule has 2 aromatic heterocycles. The van der Waals surface area contributed by atoms with Crippen LogP contribution in [-0.4, -0.2) is 15.5 Å². The summed E-state index contributed by atoms with van der Waals surface area (Å²) in [6, 6.07) is 33.1. The molecule has 190 valence electrons. The number of carbonyl (C=O) groups excluding carboxylic acids is 1. The molecule has 6 nitrogen and oxygen atoms in total. The second-order valence-electron chi connectivity index (χ2n) is 9.58. The number of hydrogen-bond donors (Lipinski definition) is 2. The van der Waals surface area contributed by atoms with Crippen LogP contribution in [-0.2, 0) is 13.1 Å². The fraction of sp³-hybridized carbons (Fsp3) is 0.0606. The number of benzene rings is 4. The smallest absolute Gasteiger partial charge is 0.258 e. The standard InChI is InChI=1S/C33H26N4O2/c34-31-19-27(12-14-35-31)26-10-11-30-28(18-26)13-15-37(33(30)39)21-23-4-3-7-29(17-23)32(38)36-20-22-8-9-24-5-1-2-6-25(24)16-22/h1-19H,20-21H2,(H2,34,35)(H,36,38). The first-order valence-electron chi connectivity index (χ1n) is 12.7. The predicted octanol–water partition coefficient (Wildman–Crippen LogP) is 5.78. The number of nitrogens with zero attached hydrogens (tertiary/aromatic N) is 2. The van der Waals surface area contributed by atoms with Crippen molar-refractivity contribution in [3.8, 4) is 11.1 Å². The van der Waals surface area contributed by atoms with Gasteiger partial charge >= 0.3 is 0 Å². The van der Waals surface area contributed by atoms with Crippen molar-refractivity contribution in [2.45, 2.75) is 13.1 Å². The molecule has 0 bridgehead atoms. The largest absolute Gasteiger partial charge is 0.384 e. The van der Waals surface area contributed by atoms with Gasteiger partial charge in [0.15, 0.2) is 0 Å². The Morgan fingerprint density at radius 3 is 2.49 bits per heavy atom. The summed E-state index contributed by atoms with van der Waals surface area (Å²) in [5, 5.41) is 6.81. The number of nitrogens with two attached hydrogens (primary N) is 1. The van der Waals surface area contributed by atoms with E-state index >= 15 is 0 Å². The Labute approximate surface area is 225 Å². The van der Waals surface area contributed by atoms with Crippen LogP contribution in [0.25, 0.3) is 32.7 Å². The van der Waals surface area contributed by atoms with Crippen molar-refractivity contribution >= 4 is 33.3 Å². The van der Waals surface area contributed by atoms with Crippen LogP contribution in [0.3, 0.4) is 0 Å². The van der Waals surface area contributed by atoms with Gasteiger partial charge in [-0.1, -0.05) is 54.6 Å².